The van der Waals surface area contributed by atoms with E-state index >= 15 is 4.79 Å². The van der Waals surface area contributed by atoms with Crippen molar-refractivity contribution >= 4 is 17.8 Å². The highest BCUT2D eigenvalue weighted by Gasteiger charge is 2.72. The van der Waals surface area contributed by atoms with Crippen LogP contribution in [0.3, 0.4) is 0 Å². The Hall–Kier alpha value is -3.42. The molecular weight excluding hydrogens is 723 g/mol. The van der Waals surface area contributed by atoms with Crippen molar-refractivity contribution in [2.24, 2.45) is 73.9 Å². The van der Waals surface area contributed by atoms with Crippen molar-refractivity contribution < 1.29 is 24.2 Å². The first-order valence-corrected chi connectivity index (χ1v) is 22.6. The maximum atomic E-state index is 15.1. The van der Waals surface area contributed by atoms with E-state index in [2.05, 4.69) is 84.4 Å². The van der Waals surface area contributed by atoms with Gasteiger partial charge in [-0.15, -0.1) is 0 Å². The van der Waals surface area contributed by atoms with Gasteiger partial charge in [-0.3, -0.25) is 14.4 Å². The number of nitrogens with one attached hydrogen (secondary N) is 2. The average Bonchev–Trinajstić information content (AvgIpc) is 3.81. The Morgan fingerprint density at radius 1 is 0.845 bits per heavy atom. The van der Waals surface area contributed by atoms with Crippen LogP contribution < -0.4 is 5.32 Å². The molecular formula is C50H71N3O5. The van der Waals surface area contributed by atoms with E-state index in [0.29, 0.717) is 30.1 Å². The minimum atomic E-state index is -0.821. The number of esters is 1. The third-order valence-electron chi connectivity index (χ3n) is 19.2. The largest absolute Gasteiger partial charge is 0.481 e. The van der Waals surface area contributed by atoms with Crippen molar-refractivity contribution in [1.82, 2.24) is 15.3 Å². The molecule has 0 aliphatic heterocycles. The highest BCUT2D eigenvalue weighted by Crippen LogP contribution is 2.77. The van der Waals surface area contributed by atoms with Crippen LogP contribution in [-0.4, -0.2) is 39.0 Å². The van der Waals surface area contributed by atoms with Gasteiger partial charge in [0, 0.05) is 5.41 Å². The van der Waals surface area contributed by atoms with Crippen molar-refractivity contribution in [2.75, 3.05) is 0 Å². The molecule has 1 aromatic heterocycles. The summed E-state index contributed by atoms with van der Waals surface area (Å²) in [6, 6.07) is 10.2. The highest BCUT2D eigenvalue weighted by molar-refractivity contribution is 5.85. The zero-order chi connectivity index (χ0) is 42.0. The number of allylic oxidation sites excluding steroid dienone is 1. The van der Waals surface area contributed by atoms with Crippen LogP contribution >= 0.6 is 0 Å². The Balaban J connectivity index is 1.03. The van der Waals surface area contributed by atoms with Crippen LogP contribution in [0.25, 0.3) is 11.3 Å². The quantitative estimate of drug-likeness (QED) is 0.181. The Morgan fingerprint density at radius 2 is 1.55 bits per heavy atom. The van der Waals surface area contributed by atoms with Crippen molar-refractivity contribution in [2.45, 2.75) is 152 Å². The second-order valence-electron chi connectivity index (χ2n) is 22.7. The lowest BCUT2D eigenvalue weighted by molar-refractivity contribution is -0.251. The molecule has 8 heteroatoms. The van der Waals surface area contributed by atoms with Gasteiger partial charge < -0.3 is 20.1 Å². The molecule has 6 aliphatic rings. The summed E-state index contributed by atoms with van der Waals surface area (Å²) in [5.41, 5.74) is 1.67. The Kier molecular flexibility index (Phi) is 9.65. The van der Waals surface area contributed by atoms with E-state index in [1.807, 2.05) is 38.2 Å². The summed E-state index contributed by atoms with van der Waals surface area (Å²) in [6.07, 6.45) is 12.3. The number of aliphatic carboxylic acids is 1. The summed E-state index contributed by atoms with van der Waals surface area (Å²) >= 11 is 0. The molecule has 3 N–H and O–H groups in total. The fourth-order valence-corrected chi connectivity index (χ4v) is 15.6. The molecule has 12 atom stereocenters. The number of carboxylic acids is 1. The number of hydrogen-bond donors (Lipinski definition) is 3. The Labute approximate surface area is 347 Å². The minimum Gasteiger partial charge on any atom is -0.481 e. The Morgan fingerprint density at radius 3 is 2.21 bits per heavy atom. The van der Waals surface area contributed by atoms with Gasteiger partial charge in [0.05, 0.1) is 34.7 Å². The average molecular weight is 794 g/mol. The van der Waals surface area contributed by atoms with Crippen LogP contribution in [0.1, 0.15) is 146 Å². The SMILES string of the molecule is C=C(C)[C@@H]1CC[C@]2(C(=O)NC(C)(C)c3ncc(-c4ccccc4)[nH]3)CC[C@]3(C)[C@H](CC[C@@H]4[C@@]5(C)CC[C@H](OC(=O)[C@H]6C[C@@H](C(=O)O)C6(C)C)C(C)(C)[C@@H]5CC[C@]43C)[C@@H]12. The van der Waals surface area contributed by atoms with Crippen LogP contribution in [0, 0.1) is 73.9 Å². The van der Waals surface area contributed by atoms with E-state index in [-0.39, 0.29) is 51.5 Å². The summed E-state index contributed by atoms with van der Waals surface area (Å²) in [4.78, 5) is 48.9. The smallest absolute Gasteiger partial charge is 0.309 e. The number of fused-ring (bicyclic) bond motifs is 7. The zero-order valence-electron chi connectivity index (χ0n) is 37.1. The number of aromatic amines is 1. The highest BCUT2D eigenvalue weighted by atomic mass is 16.5. The first kappa shape index (κ1) is 41.3. The summed E-state index contributed by atoms with van der Waals surface area (Å²) < 4.78 is 6.45. The third-order valence-corrected chi connectivity index (χ3v) is 19.2. The molecule has 8 rings (SSSR count). The summed E-state index contributed by atoms with van der Waals surface area (Å²) in [5, 5.41) is 13.3. The lowest BCUT2D eigenvalue weighted by atomic mass is 9.32. The number of amides is 1. The van der Waals surface area contributed by atoms with Gasteiger partial charge in [-0.05, 0) is 148 Å². The van der Waals surface area contributed by atoms with Crippen LogP contribution in [0.4, 0.5) is 0 Å². The number of ether oxygens (including phenoxy) is 1. The van der Waals surface area contributed by atoms with Crippen molar-refractivity contribution in [1.29, 1.82) is 0 Å². The van der Waals surface area contributed by atoms with Crippen molar-refractivity contribution in [3.8, 4) is 11.3 Å². The summed E-state index contributed by atoms with van der Waals surface area (Å²) in [7, 11) is 0. The number of nitrogens with zero attached hydrogens (tertiary/aromatic N) is 1. The van der Waals surface area contributed by atoms with Crippen molar-refractivity contribution in [3.63, 3.8) is 0 Å². The van der Waals surface area contributed by atoms with Gasteiger partial charge in [0.1, 0.15) is 11.9 Å². The van der Waals surface area contributed by atoms with Gasteiger partial charge in [0.25, 0.3) is 0 Å². The van der Waals surface area contributed by atoms with Gasteiger partial charge in [0.2, 0.25) is 5.91 Å². The second-order valence-corrected chi connectivity index (χ2v) is 22.7. The van der Waals surface area contributed by atoms with E-state index in [1.54, 1.807) is 0 Å². The van der Waals surface area contributed by atoms with Gasteiger partial charge in [0.15, 0.2) is 0 Å². The van der Waals surface area contributed by atoms with Crippen molar-refractivity contribution in [3.05, 3.63) is 54.5 Å². The number of benzene rings is 1. The first-order valence-electron chi connectivity index (χ1n) is 22.6. The minimum absolute atomic E-state index is 0.0848. The molecule has 0 saturated heterocycles. The topological polar surface area (TPSA) is 121 Å². The van der Waals surface area contributed by atoms with E-state index in [4.69, 9.17) is 9.72 Å². The molecule has 0 bridgehead atoms. The Bertz CT molecular complexity index is 1980. The van der Waals surface area contributed by atoms with E-state index in [1.165, 1.54) is 5.57 Å². The fraction of sp³-hybridized carbons (Fsp3) is 0.720. The van der Waals surface area contributed by atoms with Crippen LogP contribution in [-0.2, 0) is 24.7 Å². The number of carbonyl (C=O) groups is 3. The predicted molar refractivity (Wildman–Crippen MR) is 227 cm³/mol. The number of carboxylic acid groups (broad SMARTS) is 1. The van der Waals surface area contributed by atoms with E-state index in [9.17, 15) is 14.7 Å². The van der Waals surface area contributed by atoms with Gasteiger partial charge >= 0.3 is 11.9 Å². The van der Waals surface area contributed by atoms with Crippen LogP contribution in [0.2, 0.25) is 0 Å². The van der Waals surface area contributed by atoms with Gasteiger partial charge in [-0.25, -0.2) is 4.98 Å². The maximum Gasteiger partial charge on any atom is 0.309 e. The summed E-state index contributed by atoms with van der Waals surface area (Å²) in [6.45, 7) is 27.2. The molecule has 58 heavy (non-hydrogen) atoms. The maximum absolute atomic E-state index is 15.1. The standard InChI is InChI=1S/C50H71N3O5/c1-29(2)31-19-24-50(43(57)53-46(7,8)42-51-28-35(52-42)30-15-13-12-14-16-30)26-25-48(10)32(39(31)50)17-18-37-47(9)22-21-38(45(5,6)36(47)20-23-49(37,48)11)58-41(56)34-27-33(40(54)55)44(34,3)4/h12-16,28,31-34,36-39H,1,17-27H2,2-11H3,(H,51,52)(H,53,57)(H,54,55)/t31-,32+,33-,34+,36-,37+,38-,39+,47-,48+,49+,50-/m0/s1. The normalized spacial score (nSPS) is 41.1. The molecule has 0 radical (unpaired) electrons. The molecule has 316 valence electrons. The van der Waals surface area contributed by atoms with Gasteiger partial charge in [-0.1, -0.05) is 91.0 Å². The number of aromatic nitrogens is 2. The summed E-state index contributed by atoms with van der Waals surface area (Å²) in [5.74, 6) is 1.03. The first-order chi connectivity index (χ1) is 27.0. The molecule has 6 aliphatic carbocycles. The number of carbonyl (C=O) groups excluding carboxylic acids is 2. The number of imidazole rings is 1. The number of H-pyrrole nitrogens is 1. The zero-order valence-corrected chi connectivity index (χ0v) is 37.1. The lowest BCUT2D eigenvalue weighted by Crippen LogP contribution is -2.68. The molecule has 2 aromatic rings. The number of rotatable bonds is 8. The second kappa shape index (κ2) is 13.5. The monoisotopic (exact) mass is 794 g/mol. The molecule has 1 aromatic carbocycles. The molecule has 1 heterocycles. The molecule has 8 nitrogen and oxygen atoms in total. The predicted octanol–water partition coefficient (Wildman–Crippen LogP) is 10.7. The third kappa shape index (κ3) is 5.78. The van der Waals surface area contributed by atoms with E-state index < -0.39 is 28.3 Å². The number of hydrogen-bond acceptors (Lipinski definition) is 5. The molecule has 6 fully saturated rings. The van der Waals surface area contributed by atoms with Gasteiger partial charge in [-0.2, -0.15) is 0 Å². The fourth-order valence-electron chi connectivity index (χ4n) is 15.6. The molecule has 0 spiro atoms. The lowest BCUT2D eigenvalue weighted by Gasteiger charge is -2.73. The molecule has 1 amide bonds. The van der Waals surface area contributed by atoms with Crippen LogP contribution in [0.5, 0.6) is 0 Å². The molecule has 0 unspecified atom stereocenters. The van der Waals surface area contributed by atoms with E-state index in [0.717, 1.165) is 81.3 Å². The van der Waals surface area contributed by atoms with Crippen LogP contribution in [0.15, 0.2) is 48.7 Å². The molecule has 6 saturated carbocycles.